The number of carbonyl (C=O) groups excluding carboxylic acids is 2. The topological polar surface area (TPSA) is 140 Å². The molecule has 2 amide bonds. The van der Waals surface area contributed by atoms with Crippen LogP contribution in [0.25, 0.3) is 11.0 Å². The number of rotatable bonds is 6. The second-order valence-corrected chi connectivity index (χ2v) is 6.25. The van der Waals surface area contributed by atoms with Crippen molar-refractivity contribution in [3.8, 4) is 6.07 Å². The number of primary amides is 1. The highest BCUT2D eigenvalue weighted by Crippen LogP contribution is 2.27. The van der Waals surface area contributed by atoms with Crippen molar-refractivity contribution >= 4 is 28.5 Å². The van der Waals surface area contributed by atoms with Crippen molar-refractivity contribution in [2.24, 2.45) is 11.7 Å². The van der Waals surface area contributed by atoms with Gasteiger partial charge in [0.1, 0.15) is 5.65 Å². The smallest absolute Gasteiger partial charge is 0.252 e. The summed E-state index contributed by atoms with van der Waals surface area (Å²) in [5.41, 5.74) is 10.3. The van der Waals surface area contributed by atoms with Gasteiger partial charge in [0.2, 0.25) is 5.91 Å². The summed E-state index contributed by atoms with van der Waals surface area (Å²) >= 11 is 0. The molecule has 1 saturated heterocycles. The molecule has 3 heterocycles. The number of amides is 2. The lowest BCUT2D eigenvalue weighted by atomic mass is 9.98. The van der Waals surface area contributed by atoms with E-state index in [1.54, 1.807) is 6.20 Å². The normalized spacial score (nSPS) is 17.6. The number of anilines is 1. The molecular weight excluding hydrogens is 334 g/mol. The Hall–Kier alpha value is -3.12. The number of carbonyl (C=O) groups is 2. The van der Waals surface area contributed by atoms with Gasteiger partial charge >= 0.3 is 0 Å². The van der Waals surface area contributed by atoms with Crippen molar-refractivity contribution < 1.29 is 9.59 Å². The molecule has 136 valence electrons. The first-order valence-electron chi connectivity index (χ1n) is 8.52. The minimum Gasteiger partial charge on any atom is -0.365 e. The number of H-pyrrole nitrogens is 1. The Kier molecular flexibility index (Phi) is 5.34. The van der Waals surface area contributed by atoms with Gasteiger partial charge in [0.05, 0.1) is 29.7 Å². The Morgan fingerprint density at radius 2 is 2.35 bits per heavy atom. The van der Waals surface area contributed by atoms with Crippen LogP contribution in [0, 0.1) is 17.2 Å². The molecule has 1 aliphatic heterocycles. The van der Waals surface area contributed by atoms with Gasteiger partial charge in [-0.2, -0.15) is 5.26 Å². The summed E-state index contributed by atoms with van der Waals surface area (Å²) in [5.74, 6) is -0.787. The number of hydrazine groups is 1. The SMILES string of the molecule is N#CCCNC(=O)[C@H]1CCCN(Nc2c(C(N)=O)cnc3[nH]ccc23)C1. The van der Waals surface area contributed by atoms with Crippen molar-refractivity contribution in [1.29, 1.82) is 5.26 Å². The zero-order valence-electron chi connectivity index (χ0n) is 14.3. The number of nitriles is 1. The van der Waals surface area contributed by atoms with Crippen LogP contribution < -0.4 is 16.5 Å². The van der Waals surface area contributed by atoms with Crippen LogP contribution in [0.5, 0.6) is 0 Å². The summed E-state index contributed by atoms with van der Waals surface area (Å²) in [6.07, 6.45) is 5.12. The number of aromatic amines is 1. The number of aromatic nitrogens is 2. The fraction of sp³-hybridized carbons (Fsp3) is 0.412. The molecule has 26 heavy (non-hydrogen) atoms. The molecule has 1 atom stereocenters. The van der Waals surface area contributed by atoms with Gasteiger partial charge in [-0.25, -0.2) is 9.99 Å². The lowest BCUT2D eigenvalue weighted by Gasteiger charge is -2.33. The Morgan fingerprint density at radius 1 is 1.50 bits per heavy atom. The minimum absolute atomic E-state index is 0.0524. The lowest BCUT2D eigenvalue weighted by Crippen LogP contribution is -2.45. The number of nitrogens with one attached hydrogen (secondary N) is 3. The van der Waals surface area contributed by atoms with Crippen molar-refractivity contribution in [2.45, 2.75) is 19.3 Å². The zero-order chi connectivity index (χ0) is 18.5. The molecule has 0 saturated carbocycles. The maximum absolute atomic E-state index is 12.3. The van der Waals surface area contributed by atoms with Crippen molar-refractivity contribution in [1.82, 2.24) is 20.3 Å². The van der Waals surface area contributed by atoms with Gasteiger partial charge in [0.15, 0.2) is 0 Å². The molecule has 2 aromatic rings. The standard InChI is InChI=1S/C17H21N7O2/c18-5-2-6-21-17(26)11-3-1-8-24(10-11)23-14-12-4-7-20-16(12)22-9-13(14)15(19)25/h4,7,9,11H,1-3,6,8,10H2,(H2,19,25)(H,21,26)(H2,20,22,23)/t11-/m0/s1. The van der Waals surface area contributed by atoms with E-state index in [9.17, 15) is 9.59 Å². The molecule has 3 rings (SSSR count). The first-order chi connectivity index (χ1) is 12.6. The average Bonchev–Trinajstić information content (AvgIpc) is 3.11. The van der Waals surface area contributed by atoms with Gasteiger partial charge < -0.3 is 21.5 Å². The maximum Gasteiger partial charge on any atom is 0.252 e. The van der Waals surface area contributed by atoms with E-state index in [0.29, 0.717) is 36.4 Å². The van der Waals surface area contributed by atoms with E-state index in [-0.39, 0.29) is 11.8 Å². The summed E-state index contributed by atoms with van der Waals surface area (Å²) in [5, 5.41) is 14.0. The quantitative estimate of drug-likeness (QED) is 0.563. The number of piperidine rings is 1. The summed E-state index contributed by atoms with van der Waals surface area (Å²) in [6.45, 7) is 1.61. The van der Waals surface area contributed by atoms with E-state index in [1.165, 1.54) is 6.20 Å². The van der Waals surface area contributed by atoms with E-state index in [0.717, 1.165) is 24.8 Å². The van der Waals surface area contributed by atoms with Crippen molar-refractivity contribution in [2.75, 3.05) is 25.1 Å². The number of hydrogen-bond donors (Lipinski definition) is 4. The molecule has 0 spiro atoms. The molecular formula is C17H21N7O2. The highest BCUT2D eigenvalue weighted by atomic mass is 16.2. The van der Waals surface area contributed by atoms with Crippen LogP contribution in [0.4, 0.5) is 5.69 Å². The highest BCUT2D eigenvalue weighted by Gasteiger charge is 2.27. The summed E-state index contributed by atoms with van der Waals surface area (Å²) in [4.78, 5) is 31.2. The van der Waals surface area contributed by atoms with Crippen LogP contribution in [-0.4, -0.2) is 46.4 Å². The first kappa shape index (κ1) is 17.7. The predicted octanol–water partition coefficient (Wildman–Crippen LogP) is 0.731. The summed E-state index contributed by atoms with van der Waals surface area (Å²) in [7, 11) is 0. The molecule has 2 aromatic heterocycles. The second kappa shape index (κ2) is 7.84. The van der Waals surface area contributed by atoms with Gasteiger partial charge in [-0.15, -0.1) is 0 Å². The predicted molar refractivity (Wildman–Crippen MR) is 95.8 cm³/mol. The van der Waals surface area contributed by atoms with Gasteiger partial charge in [-0.3, -0.25) is 9.59 Å². The molecule has 0 aliphatic carbocycles. The van der Waals surface area contributed by atoms with Crippen molar-refractivity contribution in [3.05, 3.63) is 24.0 Å². The van der Waals surface area contributed by atoms with E-state index < -0.39 is 5.91 Å². The van der Waals surface area contributed by atoms with Gasteiger partial charge in [0, 0.05) is 37.4 Å². The lowest BCUT2D eigenvalue weighted by molar-refractivity contribution is -0.126. The average molecular weight is 355 g/mol. The fourth-order valence-corrected chi connectivity index (χ4v) is 3.15. The third kappa shape index (κ3) is 3.75. The third-order valence-electron chi connectivity index (χ3n) is 4.45. The van der Waals surface area contributed by atoms with Crippen LogP contribution in [-0.2, 0) is 4.79 Å². The third-order valence-corrected chi connectivity index (χ3v) is 4.45. The second-order valence-electron chi connectivity index (χ2n) is 6.25. The van der Waals surface area contributed by atoms with Crippen LogP contribution >= 0.6 is 0 Å². The highest BCUT2D eigenvalue weighted by molar-refractivity contribution is 6.05. The Bertz CT molecular complexity index is 854. The number of nitrogens with zero attached hydrogens (tertiary/aromatic N) is 3. The molecule has 0 unspecified atom stereocenters. The maximum atomic E-state index is 12.3. The Labute approximate surface area is 150 Å². The fourth-order valence-electron chi connectivity index (χ4n) is 3.15. The van der Waals surface area contributed by atoms with E-state index in [4.69, 9.17) is 11.0 Å². The summed E-state index contributed by atoms with van der Waals surface area (Å²) in [6, 6.07) is 3.84. The van der Waals surface area contributed by atoms with Gasteiger partial charge in [0.25, 0.3) is 5.91 Å². The summed E-state index contributed by atoms with van der Waals surface area (Å²) < 4.78 is 0. The molecule has 0 radical (unpaired) electrons. The molecule has 9 heteroatoms. The van der Waals surface area contributed by atoms with Gasteiger partial charge in [-0.1, -0.05) is 0 Å². The number of hydrogen-bond acceptors (Lipinski definition) is 6. The molecule has 1 fully saturated rings. The largest absolute Gasteiger partial charge is 0.365 e. The number of pyridine rings is 1. The van der Waals surface area contributed by atoms with Gasteiger partial charge in [-0.05, 0) is 18.9 Å². The minimum atomic E-state index is -0.564. The van der Waals surface area contributed by atoms with Crippen LogP contribution in [0.15, 0.2) is 18.5 Å². The Morgan fingerprint density at radius 3 is 3.12 bits per heavy atom. The van der Waals surface area contributed by atoms with Crippen LogP contribution in [0.3, 0.4) is 0 Å². The number of nitrogens with two attached hydrogens (primary N) is 1. The van der Waals surface area contributed by atoms with Crippen LogP contribution in [0.2, 0.25) is 0 Å². The first-order valence-corrected chi connectivity index (χ1v) is 8.52. The zero-order valence-corrected chi connectivity index (χ0v) is 14.3. The van der Waals surface area contributed by atoms with E-state index >= 15 is 0 Å². The molecule has 9 nitrogen and oxygen atoms in total. The van der Waals surface area contributed by atoms with E-state index in [1.807, 2.05) is 17.1 Å². The molecule has 5 N–H and O–H groups in total. The molecule has 0 bridgehead atoms. The molecule has 0 aromatic carbocycles. The Balaban J connectivity index is 1.74. The number of fused-ring (bicyclic) bond motifs is 1. The monoisotopic (exact) mass is 355 g/mol. The van der Waals surface area contributed by atoms with Crippen LogP contribution in [0.1, 0.15) is 29.6 Å². The molecule has 1 aliphatic rings. The van der Waals surface area contributed by atoms with Crippen molar-refractivity contribution in [3.63, 3.8) is 0 Å². The van der Waals surface area contributed by atoms with E-state index in [2.05, 4.69) is 20.7 Å².